The first-order valence-corrected chi connectivity index (χ1v) is 13.1. The molecule has 1 aliphatic rings. The molecule has 1 fully saturated rings. The van der Waals surface area contributed by atoms with Crippen molar-refractivity contribution in [3.63, 3.8) is 0 Å². The third kappa shape index (κ3) is 9.85. The molecule has 0 aromatic heterocycles. The quantitative estimate of drug-likeness (QED) is 0.234. The maximum atomic E-state index is 2.46. The predicted molar refractivity (Wildman–Crippen MR) is 124 cm³/mol. The van der Waals surface area contributed by atoms with Gasteiger partial charge < -0.3 is 0 Å². The van der Waals surface area contributed by atoms with Gasteiger partial charge in [-0.2, -0.15) is 0 Å². The van der Waals surface area contributed by atoms with Gasteiger partial charge in [0.2, 0.25) is 0 Å². The molecule has 0 saturated heterocycles. The third-order valence-corrected chi connectivity index (χ3v) is 7.91. The molecule has 162 valence electrons. The number of unbranched alkanes of at least 4 members (excludes halogenated alkanes) is 4. The Kier molecular flexibility index (Phi) is 13.8. The molecule has 0 aliphatic heterocycles. The zero-order valence-electron chi connectivity index (χ0n) is 20.0. The highest BCUT2D eigenvalue weighted by Gasteiger charge is 2.37. The highest BCUT2D eigenvalue weighted by molar-refractivity contribution is 4.89. The van der Waals surface area contributed by atoms with E-state index in [1.807, 2.05) is 0 Å². The molecule has 0 N–H and O–H groups in total. The van der Waals surface area contributed by atoms with Crippen molar-refractivity contribution in [1.82, 2.24) is 0 Å². The van der Waals surface area contributed by atoms with Crippen molar-refractivity contribution in [2.24, 2.45) is 23.2 Å². The molecule has 27 heavy (non-hydrogen) atoms. The molecule has 0 amide bonds. The lowest BCUT2D eigenvalue weighted by molar-refractivity contribution is 0.0705. The molecule has 0 aromatic carbocycles. The maximum absolute atomic E-state index is 2.46. The summed E-state index contributed by atoms with van der Waals surface area (Å²) >= 11 is 0. The van der Waals surface area contributed by atoms with Gasteiger partial charge in [-0.05, 0) is 61.7 Å². The van der Waals surface area contributed by atoms with Crippen molar-refractivity contribution in [1.29, 1.82) is 0 Å². The second-order valence-corrected chi connectivity index (χ2v) is 10.2. The van der Waals surface area contributed by atoms with Crippen molar-refractivity contribution < 1.29 is 0 Å². The van der Waals surface area contributed by atoms with Crippen molar-refractivity contribution in [3.05, 3.63) is 0 Å². The largest absolute Gasteiger partial charge is 0.0654 e. The smallest absolute Gasteiger partial charge is 0.0292 e. The lowest BCUT2D eigenvalue weighted by Gasteiger charge is -2.44. The topological polar surface area (TPSA) is 0 Å². The first kappa shape index (κ1) is 25.0. The molecule has 0 radical (unpaired) electrons. The van der Waals surface area contributed by atoms with Crippen LogP contribution in [0.1, 0.15) is 150 Å². The molecule has 2 atom stereocenters. The van der Waals surface area contributed by atoms with Gasteiger partial charge in [0.1, 0.15) is 0 Å². The van der Waals surface area contributed by atoms with Crippen LogP contribution in [0.15, 0.2) is 0 Å². The van der Waals surface area contributed by atoms with Crippen molar-refractivity contribution >= 4 is 0 Å². The van der Waals surface area contributed by atoms with Crippen LogP contribution >= 0.6 is 0 Å². The van der Waals surface area contributed by atoms with Gasteiger partial charge >= 0.3 is 0 Å². The van der Waals surface area contributed by atoms with Crippen LogP contribution in [0.5, 0.6) is 0 Å². The van der Waals surface area contributed by atoms with Crippen molar-refractivity contribution in [2.45, 2.75) is 150 Å². The number of hydrogen-bond donors (Lipinski definition) is 0. The average molecular weight is 379 g/mol. The van der Waals surface area contributed by atoms with Crippen LogP contribution < -0.4 is 0 Å². The van der Waals surface area contributed by atoms with Crippen LogP contribution in [0.2, 0.25) is 0 Å². The van der Waals surface area contributed by atoms with Gasteiger partial charge in [-0.1, -0.05) is 112 Å². The Bertz CT molecular complexity index is 303. The summed E-state index contributed by atoms with van der Waals surface area (Å²) in [6.07, 6.45) is 26.5. The van der Waals surface area contributed by atoms with Gasteiger partial charge in [-0.3, -0.25) is 0 Å². The van der Waals surface area contributed by atoms with Gasteiger partial charge in [0.25, 0.3) is 0 Å². The molecular weight excluding hydrogens is 324 g/mol. The summed E-state index contributed by atoms with van der Waals surface area (Å²) in [5, 5.41) is 0. The minimum absolute atomic E-state index is 0.699. The molecule has 0 heteroatoms. The van der Waals surface area contributed by atoms with E-state index in [0.29, 0.717) is 5.41 Å². The van der Waals surface area contributed by atoms with Gasteiger partial charge in [-0.15, -0.1) is 0 Å². The minimum Gasteiger partial charge on any atom is -0.0654 e. The molecule has 1 saturated carbocycles. The lowest BCUT2D eigenvalue weighted by Crippen LogP contribution is -2.32. The number of hydrogen-bond acceptors (Lipinski definition) is 0. The van der Waals surface area contributed by atoms with E-state index in [-0.39, 0.29) is 0 Å². The Morgan fingerprint density at radius 1 is 0.667 bits per heavy atom. The Balaban J connectivity index is 2.71. The normalized spacial score (nSPS) is 25.4. The molecule has 0 heterocycles. The van der Waals surface area contributed by atoms with E-state index in [1.54, 1.807) is 25.7 Å². The van der Waals surface area contributed by atoms with Crippen LogP contribution in [-0.2, 0) is 0 Å². The van der Waals surface area contributed by atoms with Crippen LogP contribution in [0, 0.1) is 23.2 Å². The molecule has 0 nitrogen and oxygen atoms in total. The Morgan fingerprint density at radius 3 is 1.56 bits per heavy atom. The van der Waals surface area contributed by atoms with E-state index >= 15 is 0 Å². The van der Waals surface area contributed by atoms with Gasteiger partial charge in [0.15, 0.2) is 0 Å². The minimum atomic E-state index is 0.699. The third-order valence-electron chi connectivity index (χ3n) is 7.91. The zero-order valence-corrected chi connectivity index (χ0v) is 20.0. The standard InChI is InChI=1S/C27H54/c1-6-11-14-17-26-18-20-27(21-19-26,22-24(9-4)15-12-7-2)23-25(10-5)16-13-8-3/h24-26H,6-23H2,1-5H3. The maximum Gasteiger partial charge on any atom is -0.0292 e. The van der Waals surface area contributed by atoms with Gasteiger partial charge in [-0.25, -0.2) is 0 Å². The van der Waals surface area contributed by atoms with Crippen molar-refractivity contribution in [3.8, 4) is 0 Å². The highest BCUT2D eigenvalue weighted by atomic mass is 14.4. The van der Waals surface area contributed by atoms with Crippen LogP contribution in [-0.4, -0.2) is 0 Å². The summed E-state index contributed by atoms with van der Waals surface area (Å²) in [5.74, 6) is 3.03. The zero-order chi connectivity index (χ0) is 20.0. The molecule has 2 unspecified atom stereocenters. The second-order valence-electron chi connectivity index (χ2n) is 10.2. The number of rotatable bonds is 16. The monoisotopic (exact) mass is 378 g/mol. The first-order valence-electron chi connectivity index (χ1n) is 13.1. The fourth-order valence-corrected chi connectivity index (χ4v) is 5.86. The van der Waals surface area contributed by atoms with Crippen LogP contribution in [0.25, 0.3) is 0 Å². The molecule has 1 aliphatic carbocycles. The Hall–Kier alpha value is 0. The SMILES string of the molecule is CCCCCC1CCC(CC(CC)CCCC)(CC(CC)CCCC)CC1. The van der Waals surface area contributed by atoms with E-state index in [4.69, 9.17) is 0 Å². The second kappa shape index (κ2) is 14.9. The molecule has 0 aromatic rings. The highest BCUT2D eigenvalue weighted by Crippen LogP contribution is 2.50. The van der Waals surface area contributed by atoms with E-state index in [2.05, 4.69) is 34.6 Å². The molecular formula is C27H54. The summed E-state index contributed by atoms with van der Waals surface area (Å²) in [6.45, 7) is 12.0. The van der Waals surface area contributed by atoms with Crippen LogP contribution in [0.4, 0.5) is 0 Å². The predicted octanol–water partition coefficient (Wildman–Crippen LogP) is 9.96. The van der Waals surface area contributed by atoms with Crippen LogP contribution in [0.3, 0.4) is 0 Å². The van der Waals surface area contributed by atoms with E-state index in [0.717, 1.165) is 17.8 Å². The fourth-order valence-electron chi connectivity index (χ4n) is 5.86. The average Bonchev–Trinajstić information content (AvgIpc) is 2.70. The fraction of sp³-hybridized carbons (Fsp3) is 1.00. The summed E-state index contributed by atoms with van der Waals surface area (Å²) in [6, 6.07) is 0. The Morgan fingerprint density at radius 2 is 1.15 bits per heavy atom. The molecule has 1 rings (SSSR count). The summed E-state index contributed by atoms with van der Waals surface area (Å²) < 4.78 is 0. The van der Waals surface area contributed by atoms with E-state index < -0.39 is 0 Å². The first-order chi connectivity index (χ1) is 13.1. The molecule has 0 spiro atoms. The summed E-state index contributed by atoms with van der Waals surface area (Å²) in [5.41, 5.74) is 0.699. The molecule has 0 bridgehead atoms. The summed E-state index contributed by atoms with van der Waals surface area (Å²) in [4.78, 5) is 0. The van der Waals surface area contributed by atoms with Gasteiger partial charge in [0, 0.05) is 0 Å². The van der Waals surface area contributed by atoms with E-state index in [9.17, 15) is 0 Å². The van der Waals surface area contributed by atoms with E-state index in [1.165, 1.54) is 89.9 Å². The van der Waals surface area contributed by atoms with Crippen molar-refractivity contribution in [2.75, 3.05) is 0 Å². The Labute approximate surface area is 173 Å². The summed E-state index contributed by atoms with van der Waals surface area (Å²) in [7, 11) is 0. The van der Waals surface area contributed by atoms with Gasteiger partial charge in [0.05, 0.1) is 0 Å². The lowest BCUT2D eigenvalue weighted by atomic mass is 9.61.